The normalized spacial score (nSPS) is 12.2. The second kappa shape index (κ2) is 42.8. The molecule has 0 spiro atoms. The van der Waals surface area contributed by atoms with E-state index in [4.69, 9.17) is 23.7 Å². The van der Waals surface area contributed by atoms with Gasteiger partial charge in [-0.05, 0) is 164 Å². The molecule has 0 fully saturated rings. The van der Waals surface area contributed by atoms with Crippen LogP contribution in [-0.4, -0.2) is 62.4 Å². The molecular formula is C60H120O10. The molecule has 10 heteroatoms. The molecule has 0 aliphatic rings. The highest BCUT2D eigenvalue weighted by Gasteiger charge is 2.30. The van der Waals surface area contributed by atoms with Gasteiger partial charge in [-0.25, -0.2) is 0 Å². The Morgan fingerprint density at radius 2 is 0.643 bits per heavy atom. The van der Waals surface area contributed by atoms with Crippen LogP contribution in [0.2, 0.25) is 0 Å². The average molecular weight is 1000 g/mol. The number of carbonyl (C=O) groups excluding carboxylic acids is 5. The standard InChI is InChI=1S/C14H28O2.2C12H24O2.2C11H22O2/c1-5-7-8-9-10-11-12-16-13(15)14(3,4)6-2;1-6-12(4,5)11(13)14-9-7-8-10(2)3;1-6-10(3)8-9-14-11(13)12(4,5)7-2;1-6-11(4,5)10(12)13-8-7-9(2)3;1-6-9(7-2)13-10(12)11(4,5)8-3/h5-12H2,1-4H3;2*10H,6-9H2,1-5H3;2*9H,6-8H2,1-5H3. The molecule has 0 amide bonds. The summed E-state index contributed by atoms with van der Waals surface area (Å²) in [6.07, 6.45) is 18.6. The molecule has 420 valence electrons. The first-order chi connectivity index (χ1) is 32.2. The van der Waals surface area contributed by atoms with Gasteiger partial charge in [0.25, 0.3) is 0 Å². The van der Waals surface area contributed by atoms with E-state index < -0.39 is 0 Å². The highest BCUT2D eigenvalue weighted by molar-refractivity contribution is 5.77. The zero-order chi connectivity index (χ0) is 55.8. The Balaban J connectivity index is -0.000000252. The third-order valence-electron chi connectivity index (χ3n) is 13.7. The van der Waals surface area contributed by atoms with Gasteiger partial charge in [-0.15, -0.1) is 0 Å². The van der Waals surface area contributed by atoms with Crippen molar-refractivity contribution >= 4 is 29.8 Å². The van der Waals surface area contributed by atoms with Crippen molar-refractivity contribution in [2.45, 2.75) is 288 Å². The molecule has 0 saturated heterocycles. The minimum absolute atomic E-state index is 0.0523. The number of hydrogen-bond acceptors (Lipinski definition) is 10. The van der Waals surface area contributed by atoms with Crippen LogP contribution in [0.3, 0.4) is 0 Å². The van der Waals surface area contributed by atoms with E-state index in [1.807, 2.05) is 118 Å². The lowest BCUT2D eigenvalue weighted by Crippen LogP contribution is -2.29. The quantitative estimate of drug-likeness (QED) is 0.0376. The summed E-state index contributed by atoms with van der Waals surface area (Å²) in [6, 6.07) is 0. The number of unbranched alkanes of at least 4 members (excludes halogenated alkanes) is 5. The monoisotopic (exact) mass is 1000 g/mol. The largest absolute Gasteiger partial charge is 0.465 e. The third kappa shape index (κ3) is 41.9. The Labute approximate surface area is 435 Å². The number of esters is 5. The predicted octanol–water partition coefficient (Wildman–Crippen LogP) is 17.3. The van der Waals surface area contributed by atoms with Crippen molar-refractivity contribution in [2.75, 3.05) is 26.4 Å². The fourth-order valence-electron chi connectivity index (χ4n) is 4.92. The van der Waals surface area contributed by atoms with Crippen LogP contribution in [0.1, 0.15) is 282 Å². The van der Waals surface area contributed by atoms with E-state index in [1.54, 1.807) is 0 Å². The first kappa shape index (κ1) is 76.3. The lowest BCUT2D eigenvalue weighted by Gasteiger charge is -2.24. The van der Waals surface area contributed by atoms with E-state index >= 15 is 0 Å². The van der Waals surface area contributed by atoms with Crippen LogP contribution in [0.15, 0.2) is 0 Å². The van der Waals surface area contributed by atoms with Crippen LogP contribution in [-0.2, 0) is 47.7 Å². The van der Waals surface area contributed by atoms with Gasteiger partial charge in [0.15, 0.2) is 0 Å². The van der Waals surface area contributed by atoms with E-state index in [0.717, 1.165) is 83.5 Å². The van der Waals surface area contributed by atoms with Crippen LogP contribution >= 0.6 is 0 Å². The first-order valence-electron chi connectivity index (χ1n) is 28.1. The van der Waals surface area contributed by atoms with Crippen molar-refractivity contribution in [2.24, 2.45) is 44.8 Å². The molecule has 70 heavy (non-hydrogen) atoms. The number of carbonyl (C=O) groups is 5. The zero-order valence-electron chi connectivity index (χ0n) is 50.9. The Kier molecular flexibility index (Phi) is 46.7. The molecule has 0 bridgehead atoms. The van der Waals surface area contributed by atoms with Gasteiger partial charge in [-0.3, -0.25) is 24.0 Å². The van der Waals surface area contributed by atoms with E-state index in [-0.39, 0.29) is 63.0 Å². The maximum Gasteiger partial charge on any atom is 0.311 e. The summed E-state index contributed by atoms with van der Waals surface area (Å²) >= 11 is 0. The summed E-state index contributed by atoms with van der Waals surface area (Å²) in [5, 5.41) is 0. The summed E-state index contributed by atoms with van der Waals surface area (Å²) in [7, 11) is 0. The van der Waals surface area contributed by atoms with E-state index in [1.165, 1.54) is 32.1 Å². The molecule has 0 aromatic carbocycles. The molecule has 0 radical (unpaired) electrons. The summed E-state index contributed by atoms with van der Waals surface area (Å²) in [6.45, 7) is 50.9. The second-order valence-corrected chi connectivity index (χ2v) is 23.4. The van der Waals surface area contributed by atoms with Crippen molar-refractivity contribution in [3.8, 4) is 0 Å². The number of ether oxygens (including phenoxy) is 5. The highest BCUT2D eigenvalue weighted by atomic mass is 16.6. The molecule has 0 saturated carbocycles. The van der Waals surface area contributed by atoms with Crippen molar-refractivity contribution in [3.05, 3.63) is 0 Å². The lowest BCUT2D eigenvalue weighted by molar-refractivity contribution is -0.160. The van der Waals surface area contributed by atoms with Gasteiger partial charge in [0, 0.05) is 0 Å². The fourth-order valence-corrected chi connectivity index (χ4v) is 4.92. The van der Waals surface area contributed by atoms with E-state index in [2.05, 4.69) is 48.5 Å². The predicted molar refractivity (Wildman–Crippen MR) is 296 cm³/mol. The smallest absolute Gasteiger partial charge is 0.311 e. The molecule has 0 aromatic heterocycles. The fraction of sp³-hybridized carbons (Fsp3) is 0.917. The first-order valence-corrected chi connectivity index (χ1v) is 28.1. The molecule has 10 nitrogen and oxygen atoms in total. The zero-order valence-corrected chi connectivity index (χ0v) is 50.9. The van der Waals surface area contributed by atoms with Crippen molar-refractivity contribution < 1.29 is 47.7 Å². The van der Waals surface area contributed by atoms with Gasteiger partial charge in [0.1, 0.15) is 6.10 Å². The van der Waals surface area contributed by atoms with Crippen LogP contribution in [0, 0.1) is 44.8 Å². The van der Waals surface area contributed by atoms with Crippen LogP contribution in [0.4, 0.5) is 0 Å². The maximum atomic E-state index is 11.6. The highest BCUT2D eigenvalue weighted by Crippen LogP contribution is 2.25. The molecule has 0 aliphatic heterocycles. The minimum atomic E-state index is -0.331. The topological polar surface area (TPSA) is 132 Å². The van der Waals surface area contributed by atoms with Crippen molar-refractivity contribution in [3.63, 3.8) is 0 Å². The summed E-state index contributed by atoms with van der Waals surface area (Å²) < 4.78 is 26.2. The summed E-state index contributed by atoms with van der Waals surface area (Å²) in [4.78, 5) is 57.7. The van der Waals surface area contributed by atoms with Gasteiger partial charge >= 0.3 is 29.8 Å². The second-order valence-electron chi connectivity index (χ2n) is 23.4. The van der Waals surface area contributed by atoms with E-state index in [9.17, 15) is 24.0 Å². The van der Waals surface area contributed by atoms with Crippen molar-refractivity contribution in [1.29, 1.82) is 0 Å². The Bertz CT molecular complexity index is 1310. The Morgan fingerprint density at radius 3 is 0.957 bits per heavy atom. The summed E-state index contributed by atoms with van der Waals surface area (Å²) in [5.74, 6) is 1.60. The van der Waals surface area contributed by atoms with Crippen LogP contribution in [0.5, 0.6) is 0 Å². The van der Waals surface area contributed by atoms with Crippen molar-refractivity contribution in [1.82, 2.24) is 0 Å². The number of hydrogen-bond donors (Lipinski definition) is 0. The van der Waals surface area contributed by atoms with Gasteiger partial charge in [0.05, 0.1) is 53.5 Å². The van der Waals surface area contributed by atoms with Gasteiger partial charge < -0.3 is 23.7 Å². The van der Waals surface area contributed by atoms with Gasteiger partial charge in [-0.1, -0.05) is 135 Å². The molecule has 0 heterocycles. The Hall–Kier alpha value is -2.65. The van der Waals surface area contributed by atoms with E-state index in [0.29, 0.717) is 44.2 Å². The molecule has 0 aliphatic carbocycles. The number of rotatable bonds is 31. The molecule has 1 unspecified atom stereocenters. The maximum absolute atomic E-state index is 11.6. The molecule has 1 atom stereocenters. The average Bonchev–Trinajstić information content (AvgIpc) is 3.31. The van der Waals surface area contributed by atoms with Crippen LogP contribution < -0.4 is 0 Å². The molecule has 0 aromatic rings. The molecule has 0 rings (SSSR count). The molecular weight excluding hydrogens is 881 g/mol. The van der Waals surface area contributed by atoms with Crippen LogP contribution in [0.25, 0.3) is 0 Å². The SMILES string of the molecule is CCC(C)(C)C(=O)OCCC(C)C.CCC(C)(C)C(=O)OCCCC(C)C.CCC(C)CCOC(=O)C(C)(C)CC.CCC(CC)OC(=O)C(C)(C)CC.CCCCCCCCOC(=O)C(C)(C)CC. The van der Waals surface area contributed by atoms with Gasteiger partial charge in [0.2, 0.25) is 0 Å². The van der Waals surface area contributed by atoms with Gasteiger partial charge in [-0.2, -0.15) is 0 Å². The lowest BCUT2D eigenvalue weighted by atomic mass is 9.90. The minimum Gasteiger partial charge on any atom is -0.465 e. The third-order valence-corrected chi connectivity index (χ3v) is 13.7. The molecule has 0 N–H and O–H groups in total. The Morgan fingerprint density at radius 1 is 0.343 bits per heavy atom. The summed E-state index contributed by atoms with van der Waals surface area (Å²) in [5.41, 5.74) is -1.62.